The van der Waals surface area contributed by atoms with Crippen LogP contribution in [0.1, 0.15) is 58.1 Å². The van der Waals surface area contributed by atoms with Crippen LogP contribution < -0.4 is 22.0 Å². The predicted molar refractivity (Wildman–Crippen MR) is 113 cm³/mol. The number of furan rings is 1. The monoisotopic (exact) mass is 431 g/mol. The van der Waals surface area contributed by atoms with Crippen molar-refractivity contribution in [2.24, 2.45) is 16.3 Å². The van der Waals surface area contributed by atoms with Gasteiger partial charge < -0.3 is 10.2 Å². The second-order valence-corrected chi connectivity index (χ2v) is 8.26. The molecule has 0 atom stereocenters. The molecule has 0 spiro atoms. The molecule has 0 aliphatic heterocycles. The number of halogens is 1. The molecule has 158 valence electrons. The maximum atomic E-state index is 13.0. The van der Waals surface area contributed by atoms with Crippen LogP contribution in [-0.2, 0) is 6.42 Å². The second kappa shape index (κ2) is 8.23. The molecule has 0 saturated carbocycles. The Morgan fingerprint density at radius 2 is 1.80 bits per heavy atom. The lowest BCUT2D eigenvalue weighted by Crippen LogP contribution is -2.41. The van der Waals surface area contributed by atoms with E-state index in [1.54, 1.807) is 6.92 Å². The summed E-state index contributed by atoms with van der Waals surface area (Å²) in [7, 11) is 0. The highest BCUT2D eigenvalue weighted by Crippen LogP contribution is 2.38. The minimum atomic E-state index is -0.614. The zero-order valence-corrected chi connectivity index (χ0v) is 17.6. The van der Waals surface area contributed by atoms with Crippen LogP contribution >= 0.6 is 12.2 Å². The fourth-order valence-corrected chi connectivity index (χ4v) is 3.44. The third kappa shape index (κ3) is 4.65. The maximum Gasteiger partial charge on any atom is 0.305 e. The molecule has 0 unspecified atom stereocenters. The topological polar surface area (TPSA) is 122 Å². The minimum absolute atomic E-state index is 0.0371. The maximum absolute atomic E-state index is 13.0. The van der Waals surface area contributed by atoms with Crippen LogP contribution in [0.4, 0.5) is 4.39 Å². The molecule has 0 saturated heterocycles. The molecule has 8 nitrogen and oxygen atoms in total. The van der Waals surface area contributed by atoms with Gasteiger partial charge in [0.05, 0.1) is 5.71 Å². The number of hydrazine groups is 1. The number of nitrogens with one attached hydrogen (secondary N) is 3. The van der Waals surface area contributed by atoms with Crippen LogP contribution in [0.3, 0.4) is 0 Å². The summed E-state index contributed by atoms with van der Waals surface area (Å²) >= 11 is 4.82. The largest absolute Gasteiger partial charge is 0.455 e. The fraction of sp³-hybridized carbons (Fsp3) is 0.300. The summed E-state index contributed by atoms with van der Waals surface area (Å²) in [6.45, 7) is 5.87. The van der Waals surface area contributed by atoms with Gasteiger partial charge in [-0.25, -0.2) is 4.39 Å². The number of hydrogen-bond donors (Lipinski definition) is 4. The molecule has 5 N–H and O–H groups in total. The number of benzene rings is 1. The van der Waals surface area contributed by atoms with Crippen molar-refractivity contribution in [3.8, 4) is 0 Å². The van der Waals surface area contributed by atoms with Gasteiger partial charge in [-0.05, 0) is 55.2 Å². The summed E-state index contributed by atoms with van der Waals surface area (Å²) in [5, 5.41) is 4.32. The lowest BCUT2D eigenvalue weighted by Gasteiger charge is -2.29. The van der Waals surface area contributed by atoms with E-state index >= 15 is 0 Å². The number of carbonyl (C=O) groups is 2. The second-order valence-electron chi connectivity index (χ2n) is 7.82. The van der Waals surface area contributed by atoms with Crippen molar-refractivity contribution in [3.63, 3.8) is 0 Å². The van der Waals surface area contributed by atoms with E-state index < -0.39 is 17.6 Å². The van der Waals surface area contributed by atoms with Gasteiger partial charge in [-0.2, -0.15) is 5.10 Å². The number of amides is 2. The SMILES string of the molecule is Cc1c(C(=O)NNC(=O)c2ccc(F)cc2)oc2c1/C(=N\NC(N)=S)CC(C)(C)C2. The predicted octanol–water partition coefficient (Wildman–Crippen LogP) is 2.31. The van der Waals surface area contributed by atoms with Crippen LogP contribution in [-0.4, -0.2) is 22.6 Å². The van der Waals surface area contributed by atoms with Gasteiger partial charge >= 0.3 is 5.91 Å². The van der Waals surface area contributed by atoms with Gasteiger partial charge in [-0.1, -0.05) is 13.8 Å². The third-order valence-electron chi connectivity index (χ3n) is 4.70. The number of hydrazone groups is 1. The van der Waals surface area contributed by atoms with Crippen molar-refractivity contribution >= 4 is 34.9 Å². The lowest BCUT2D eigenvalue weighted by molar-refractivity contribution is 0.0828. The molecule has 1 aromatic heterocycles. The first-order valence-corrected chi connectivity index (χ1v) is 9.59. The Hall–Kier alpha value is -3.27. The molecule has 2 amide bonds. The van der Waals surface area contributed by atoms with Crippen molar-refractivity contribution in [2.75, 3.05) is 0 Å². The smallest absolute Gasteiger partial charge is 0.305 e. The number of fused-ring (bicyclic) bond motifs is 1. The zero-order chi connectivity index (χ0) is 22.1. The molecular formula is C20H22FN5O3S. The molecule has 2 aromatic rings. The van der Waals surface area contributed by atoms with E-state index in [0.29, 0.717) is 29.9 Å². The Morgan fingerprint density at radius 1 is 1.17 bits per heavy atom. The van der Waals surface area contributed by atoms with Gasteiger partial charge in [0, 0.05) is 23.1 Å². The number of rotatable bonds is 3. The number of nitrogens with two attached hydrogens (primary N) is 1. The van der Waals surface area contributed by atoms with E-state index in [2.05, 4.69) is 35.2 Å². The molecule has 0 fully saturated rings. The van der Waals surface area contributed by atoms with Crippen molar-refractivity contribution in [1.82, 2.24) is 16.3 Å². The average Bonchev–Trinajstić information content (AvgIpc) is 2.99. The molecule has 1 aromatic carbocycles. The molecule has 10 heteroatoms. The quantitative estimate of drug-likeness (QED) is 0.437. The molecule has 0 bridgehead atoms. The summed E-state index contributed by atoms with van der Waals surface area (Å²) in [5.41, 5.74) is 14.8. The van der Waals surface area contributed by atoms with Crippen molar-refractivity contribution in [1.29, 1.82) is 0 Å². The van der Waals surface area contributed by atoms with Gasteiger partial charge in [0.25, 0.3) is 5.91 Å². The number of carbonyl (C=O) groups excluding carboxylic acids is 2. The first-order chi connectivity index (χ1) is 14.1. The van der Waals surface area contributed by atoms with E-state index in [4.69, 9.17) is 22.4 Å². The van der Waals surface area contributed by atoms with Gasteiger partial charge in [0.1, 0.15) is 11.6 Å². The van der Waals surface area contributed by atoms with E-state index in [-0.39, 0.29) is 21.9 Å². The third-order valence-corrected chi connectivity index (χ3v) is 4.79. The highest BCUT2D eigenvalue weighted by molar-refractivity contribution is 7.80. The molecule has 30 heavy (non-hydrogen) atoms. The summed E-state index contributed by atoms with van der Waals surface area (Å²) in [4.78, 5) is 24.8. The molecule has 3 rings (SSSR count). The number of hydrogen-bond acceptors (Lipinski definition) is 5. The highest BCUT2D eigenvalue weighted by atomic mass is 32.1. The average molecular weight is 431 g/mol. The highest BCUT2D eigenvalue weighted by Gasteiger charge is 2.36. The normalized spacial score (nSPS) is 15.9. The van der Waals surface area contributed by atoms with Crippen LogP contribution in [0.2, 0.25) is 0 Å². The van der Waals surface area contributed by atoms with Crippen LogP contribution in [0.15, 0.2) is 33.8 Å². The Bertz CT molecular complexity index is 1040. The Labute approximate surface area is 178 Å². The summed E-state index contributed by atoms with van der Waals surface area (Å²) in [6.07, 6.45) is 1.25. The summed E-state index contributed by atoms with van der Waals surface area (Å²) < 4.78 is 18.8. The molecule has 1 aliphatic rings. The first-order valence-electron chi connectivity index (χ1n) is 9.18. The lowest BCUT2D eigenvalue weighted by atomic mass is 9.75. The fourth-order valence-electron chi connectivity index (χ4n) is 3.39. The Morgan fingerprint density at radius 3 is 2.43 bits per heavy atom. The first kappa shape index (κ1) is 21.4. The minimum Gasteiger partial charge on any atom is -0.455 e. The van der Waals surface area contributed by atoms with Gasteiger partial charge in [0.15, 0.2) is 10.9 Å². The van der Waals surface area contributed by atoms with E-state index in [9.17, 15) is 14.0 Å². The van der Waals surface area contributed by atoms with Crippen LogP contribution in [0.25, 0.3) is 0 Å². The molecule has 0 radical (unpaired) electrons. The van der Waals surface area contributed by atoms with E-state index in [0.717, 1.165) is 17.7 Å². The van der Waals surface area contributed by atoms with E-state index in [1.165, 1.54) is 12.1 Å². The standard InChI is InChI=1S/C20H22FN5O3S/c1-10-15-13(23-26-19(22)30)8-20(2,3)9-14(15)29-16(10)18(28)25-24-17(27)11-4-6-12(21)7-5-11/h4-7H,8-9H2,1-3H3,(H,24,27)(H,25,28)(H3,22,26,30)/b23-13-. The van der Waals surface area contributed by atoms with Crippen LogP contribution in [0.5, 0.6) is 0 Å². The van der Waals surface area contributed by atoms with Crippen molar-refractivity contribution in [3.05, 3.63) is 58.3 Å². The number of thiocarbonyl (C=S) groups is 1. The van der Waals surface area contributed by atoms with Crippen molar-refractivity contribution < 1.29 is 18.4 Å². The van der Waals surface area contributed by atoms with Gasteiger partial charge in [-0.3, -0.25) is 25.9 Å². The molecule has 1 heterocycles. The molecular weight excluding hydrogens is 409 g/mol. The van der Waals surface area contributed by atoms with Gasteiger partial charge in [0.2, 0.25) is 0 Å². The number of nitrogens with zero attached hydrogens (tertiary/aromatic N) is 1. The Balaban J connectivity index is 1.81. The Kier molecular flexibility index (Phi) is 5.88. The van der Waals surface area contributed by atoms with Gasteiger partial charge in [-0.15, -0.1) is 0 Å². The summed E-state index contributed by atoms with van der Waals surface area (Å²) in [5.74, 6) is -0.960. The van der Waals surface area contributed by atoms with E-state index in [1.807, 2.05) is 0 Å². The molecule has 1 aliphatic carbocycles. The van der Waals surface area contributed by atoms with Crippen LogP contribution in [0, 0.1) is 18.2 Å². The zero-order valence-electron chi connectivity index (χ0n) is 16.8. The van der Waals surface area contributed by atoms with Crippen molar-refractivity contribution in [2.45, 2.75) is 33.6 Å². The summed E-state index contributed by atoms with van der Waals surface area (Å²) in [6, 6.07) is 4.94.